The molecule has 25 heavy (non-hydrogen) atoms. The second-order valence-electron chi connectivity index (χ2n) is 6.66. The molecule has 2 amide bonds. The van der Waals surface area contributed by atoms with E-state index in [0.29, 0.717) is 17.0 Å². The van der Waals surface area contributed by atoms with Crippen LogP contribution in [-0.4, -0.2) is 38.8 Å². The van der Waals surface area contributed by atoms with Crippen LogP contribution in [0.4, 0.5) is 10.5 Å². The molecule has 0 heterocycles. The quantitative estimate of drug-likeness (QED) is 0.924. The fourth-order valence-electron chi connectivity index (χ4n) is 2.49. The summed E-state index contributed by atoms with van der Waals surface area (Å²) in [5, 5.41) is 4.09. The molecule has 0 radical (unpaired) electrons. The zero-order chi connectivity index (χ0) is 18.8. The molecule has 0 aliphatic heterocycles. The van der Waals surface area contributed by atoms with Gasteiger partial charge in [0.25, 0.3) is 5.91 Å². The van der Waals surface area contributed by atoms with E-state index in [0.717, 1.165) is 10.8 Å². The first-order valence-electron chi connectivity index (χ1n) is 7.97. The Morgan fingerprint density at radius 2 is 1.76 bits per heavy atom. The summed E-state index contributed by atoms with van der Waals surface area (Å²) in [5.41, 5.74) is 0.568. The van der Waals surface area contributed by atoms with E-state index in [1.54, 1.807) is 45.5 Å². The number of anilines is 1. The molecule has 0 aliphatic rings. The minimum Gasteiger partial charge on any atom is -0.497 e. The number of rotatable bonds is 3. The molecule has 0 saturated carbocycles. The average molecular weight is 344 g/mol. The summed E-state index contributed by atoms with van der Waals surface area (Å²) in [7, 11) is 4.79. The van der Waals surface area contributed by atoms with Crippen LogP contribution in [0.3, 0.4) is 0 Å². The van der Waals surface area contributed by atoms with Crippen LogP contribution in [0.25, 0.3) is 10.8 Å². The van der Waals surface area contributed by atoms with Crippen LogP contribution in [0.15, 0.2) is 30.3 Å². The van der Waals surface area contributed by atoms with E-state index in [-0.39, 0.29) is 5.91 Å². The summed E-state index contributed by atoms with van der Waals surface area (Å²) in [6, 6.07) is 8.83. The van der Waals surface area contributed by atoms with Crippen molar-refractivity contribution in [2.75, 3.05) is 26.1 Å². The zero-order valence-electron chi connectivity index (χ0n) is 15.5. The molecular weight excluding hydrogens is 320 g/mol. The first-order chi connectivity index (χ1) is 11.7. The molecule has 0 bridgehead atoms. The number of carbonyl (C=O) groups is 2. The molecule has 6 heteroatoms. The number of nitrogens with zero attached hydrogens (tertiary/aromatic N) is 1. The molecule has 2 rings (SSSR count). The topological polar surface area (TPSA) is 67.9 Å². The number of nitrogens with one attached hydrogen (secondary N) is 1. The van der Waals surface area contributed by atoms with E-state index < -0.39 is 11.7 Å². The second kappa shape index (κ2) is 7.01. The fraction of sp³-hybridized carbons (Fsp3) is 0.368. The minimum atomic E-state index is -0.596. The summed E-state index contributed by atoms with van der Waals surface area (Å²) in [6.07, 6.45) is -0.468. The van der Waals surface area contributed by atoms with Gasteiger partial charge in [0.15, 0.2) is 0 Å². The van der Waals surface area contributed by atoms with Gasteiger partial charge in [-0.15, -0.1) is 0 Å². The third-order valence-electron chi connectivity index (χ3n) is 3.70. The number of ether oxygens (including phenoxy) is 2. The standard InChI is InChI=1S/C19H24N2O4/c1-19(2,3)25-18(23)21(5)16-10-9-14(17(22)20-4)13-8-7-12(24-6)11-15(13)16/h7-11H,1-6H3,(H,20,22). The van der Waals surface area contributed by atoms with Crippen molar-refractivity contribution >= 4 is 28.5 Å². The fourth-order valence-corrected chi connectivity index (χ4v) is 2.49. The molecule has 0 saturated heterocycles. The first kappa shape index (κ1) is 18.6. The summed E-state index contributed by atoms with van der Waals surface area (Å²) < 4.78 is 10.7. The zero-order valence-corrected chi connectivity index (χ0v) is 15.5. The van der Waals surface area contributed by atoms with Gasteiger partial charge in [0.2, 0.25) is 0 Å². The van der Waals surface area contributed by atoms with E-state index in [1.807, 2.05) is 26.8 Å². The molecule has 6 nitrogen and oxygen atoms in total. The van der Waals surface area contributed by atoms with Crippen molar-refractivity contribution < 1.29 is 19.1 Å². The Morgan fingerprint density at radius 1 is 1.08 bits per heavy atom. The van der Waals surface area contributed by atoms with Crippen LogP contribution >= 0.6 is 0 Å². The molecule has 0 unspecified atom stereocenters. The van der Waals surface area contributed by atoms with Gasteiger partial charge in [-0.25, -0.2) is 4.79 Å². The number of hydrogen-bond acceptors (Lipinski definition) is 4. The third kappa shape index (κ3) is 4.02. The van der Waals surface area contributed by atoms with Gasteiger partial charge in [-0.2, -0.15) is 0 Å². The number of hydrogen-bond donors (Lipinski definition) is 1. The van der Waals surface area contributed by atoms with Gasteiger partial charge in [0.1, 0.15) is 11.4 Å². The van der Waals surface area contributed by atoms with Crippen molar-refractivity contribution in [1.29, 1.82) is 0 Å². The van der Waals surface area contributed by atoms with Crippen LogP contribution in [0.5, 0.6) is 5.75 Å². The largest absolute Gasteiger partial charge is 0.497 e. The molecule has 0 fully saturated rings. The van der Waals surface area contributed by atoms with Gasteiger partial charge in [-0.3, -0.25) is 9.69 Å². The number of methoxy groups -OCH3 is 1. The number of benzene rings is 2. The van der Waals surface area contributed by atoms with Gasteiger partial charge in [-0.1, -0.05) is 0 Å². The first-order valence-corrected chi connectivity index (χ1v) is 7.97. The molecular formula is C19H24N2O4. The SMILES string of the molecule is CNC(=O)c1ccc(N(C)C(=O)OC(C)(C)C)c2cc(OC)ccc12. The number of amides is 2. The maximum atomic E-state index is 12.4. The van der Waals surface area contributed by atoms with Crippen molar-refractivity contribution in [3.05, 3.63) is 35.9 Å². The molecule has 0 spiro atoms. The molecule has 134 valence electrons. The predicted octanol–water partition coefficient (Wildman–Crippen LogP) is 3.58. The van der Waals surface area contributed by atoms with Crippen LogP contribution < -0.4 is 15.0 Å². The monoisotopic (exact) mass is 344 g/mol. The Kier molecular flexibility index (Phi) is 5.21. The molecule has 0 atom stereocenters. The lowest BCUT2D eigenvalue weighted by molar-refractivity contribution is 0.0589. The van der Waals surface area contributed by atoms with Crippen LogP contribution in [-0.2, 0) is 4.74 Å². The van der Waals surface area contributed by atoms with Gasteiger partial charge in [0.05, 0.1) is 12.8 Å². The van der Waals surface area contributed by atoms with Crippen molar-refractivity contribution in [2.24, 2.45) is 0 Å². The van der Waals surface area contributed by atoms with Crippen molar-refractivity contribution in [2.45, 2.75) is 26.4 Å². The van der Waals surface area contributed by atoms with Crippen LogP contribution in [0.2, 0.25) is 0 Å². The van der Waals surface area contributed by atoms with Crippen molar-refractivity contribution in [3.8, 4) is 5.75 Å². The lowest BCUT2D eigenvalue weighted by atomic mass is 10.0. The smallest absolute Gasteiger partial charge is 0.414 e. The molecule has 1 N–H and O–H groups in total. The summed E-state index contributed by atoms with van der Waals surface area (Å²) in [5.74, 6) is 0.446. The van der Waals surface area contributed by atoms with E-state index in [4.69, 9.17) is 9.47 Å². The Labute approximate surface area is 147 Å². The summed E-state index contributed by atoms with van der Waals surface area (Å²) >= 11 is 0. The minimum absolute atomic E-state index is 0.193. The summed E-state index contributed by atoms with van der Waals surface area (Å²) in [4.78, 5) is 26.0. The highest BCUT2D eigenvalue weighted by Gasteiger charge is 2.23. The average Bonchev–Trinajstić information content (AvgIpc) is 2.57. The predicted molar refractivity (Wildman–Crippen MR) is 98.5 cm³/mol. The Hall–Kier alpha value is -2.76. The van der Waals surface area contributed by atoms with Gasteiger partial charge in [-0.05, 0) is 56.5 Å². The Balaban J connectivity index is 2.60. The van der Waals surface area contributed by atoms with E-state index >= 15 is 0 Å². The maximum absolute atomic E-state index is 12.4. The normalized spacial score (nSPS) is 11.1. The number of carbonyl (C=O) groups excluding carboxylic acids is 2. The van der Waals surface area contributed by atoms with Gasteiger partial charge < -0.3 is 14.8 Å². The highest BCUT2D eigenvalue weighted by Crippen LogP contribution is 2.32. The van der Waals surface area contributed by atoms with Crippen molar-refractivity contribution in [1.82, 2.24) is 5.32 Å². The lowest BCUT2D eigenvalue weighted by Gasteiger charge is -2.26. The third-order valence-corrected chi connectivity index (χ3v) is 3.70. The van der Waals surface area contributed by atoms with E-state index in [1.165, 1.54) is 4.90 Å². The van der Waals surface area contributed by atoms with E-state index in [2.05, 4.69) is 5.32 Å². The number of fused-ring (bicyclic) bond motifs is 1. The van der Waals surface area contributed by atoms with Gasteiger partial charge >= 0.3 is 6.09 Å². The highest BCUT2D eigenvalue weighted by molar-refractivity contribution is 6.12. The van der Waals surface area contributed by atoms with E-state index in [9.17, 15) is 9.59 Å². The second-order valence-corrected chi connectivity index (χ2v) is 6.66. The maximum Gasteiger partial charge on any atom is 0.414 e. The molecule has 2 aromatic carbocycles. The lowest BCUT2D eigenvalue weighted by Crippen LogP contribution is -2.34. The molecule has 0 aromatic heterocycles. The molecule has 0 aliphatic carbocycles. The van der Waals surface area contributed by atoms with Crippen molar-refractivity contribution in [3.63, 3.8) is 0 Å². The highest BCUT2D eigenvalue weighted by atomic mass is 16.6. The Morgan fingerprint density at radius 3 is 2.32 bits per heavy atom. The Bertz CT molecular complexity index is 809. The molecule has 2 aromatic rings. The van der Waals surface area contributed by atoms with Gasteiger partial charge in [0, 0.05) is 25.0 Å². The summed E-state index contributed by atoms with van der Waals surface area (Å²) in [6.45, 7) is 5.44. The van der Waals surface area contributed by atoms with Crippen LogP contribution in [0.1, 0.15) is 31.1 Å². The van der Waals surface area contributed by atoms with Crippen LogP contribution in [0, 0.1) is 0 Å².